The molecule has 0 heterocycles. The number of aldehydes is 1. The van der Waals surface area contributed by atoms with Gasteiger partial charge in [-0.2, -0.15) is 0 Å². The van der Waals surface area contributed by atoms with Gasteiger partial charge >= 0.3 is 0 Å². The molecule has 0 saturated heterocycles. The van der Waals surface area contributed by atoms with Crippen molar-refractivity contribution in [3.63, 3.8) is 0 Å². The van der Waals surface area contributed by atoms with Gasteiger partial charge < -0.3 is 9.22 Å². The van der Waals surface area contributed by atoms with Crippen molar-refractivity contribution in [2.75, 3.05) is 0 Å². The molecule has 1 aliphatic carbocycles. The van der Waals surface area contributed by atoms with E-state index in [4.69, 9.17) is 4.43 Å². The summed E-state index contributed by atoms with van der Waals surface area (Å²) in [7, 11) is -1.73. The van der Waals surface area contributed by atoms with Crippen molar-refractivity contribution in [2.45, 2.75) is 65.6 Å². The number of allylic oxidation sites excluding steroid dienone is 2. The third-order valence-corrected chi connectivity index (χ3v) is 8.93. The van der Waals surface area contributed by atoms with Gasteiger partial charge in [-0.1, -0.05) is 34.6 Å². The molecule has 1 rings (SSSR count). The van der Waals surface area contributed by atoms with E-state index in [-0.39, 0.29) is 10.5 Å². The van der Waals surface area contributed by atoms with Gasteiger partial charge in [-0.3, -0.25) is 0 Å². The van der Waals surface area contributed by atoms with Crippen molar-refractivity contribution in [3.8, 4) is 0 Å². The number of carbonyl (C=O) groups is 1. The zero-order valence-electron chi connectivity index (χ0n) is 13.0. The molecule has 0 N–H and O–H groups in total. The first kappa shape index (κ1) is 15.5. The molecular formula is C15H28O2Si. The lowest BCUT2D eigenvalue weighted by Gasteiger charge is -2.37. The van der Waals surface area contributed by atoms with E-state index in [9.17, 15) is 4.79 Å². The van der Waals surface area contributed by atoms with E-state index < -0.39 is 8.32 Å². The quantitative estimate of drug-likeness (QED) is 0.553. The molecule has 0 aromatic heterocycles. The van der Waals surface area contributed by atoms with Crippen LogP contribution in [0.25, 0.3) is 0 Å². The van der Waals surface area contributed by atoms with Crippen LogP contribution >= 0.6 is 0 Å². The number of hydrogen-bond donors (Lipinski definition) is 0. The fraction of sp³-hybridized carbons (Fsp3) is 0.800. The van der Waals surface area contributed by atoms with Gasteiger partial charge in [0.25, 0.3) is 0 Å². The lowest BCUT2D eigenvalue weighted by Crippen LogP contribution is -2.40. The van der Waals surface area contributed by atoms with Crippen LogP contribution in [0.1, 0.15) is 47.5 Å². The van der Waals surface area contributed by atoms with Crippen LogP contribution in [0.5, 0.6) is 0 Å². The van der Waals surface area contributed by atoms with E-state index in [1.165, 1.54) is 0 Å². The van der Waals surface area contributed by atoms with Gasteiger partial charge in [-0.15, -0.1) is 0 Å². The maximum atomic E-state index is 11.1. The molecule has 0 saturated carbocycles. The maximum absolute atomic E-state index is 11.1. The molecule has 0 spiro atoms. The average Bonchev–Trinajstić information content (AvgIpc) is 2.64. The number of carbonyl (C=O) groups excluding carboxylic acids is 1. The second-order valence-electron chi connectivity index (χ2n) is 7.58. The minimum Gasteiger partial charge on any atom is -0.547 e. The van der Waals surface area contributed by atoms with Crippen LogP contribution in [0.2, 0.25) is 18.1 Å². The van der Waals surface area contributed by atoms with Gasteiger partial charge in [-0.05, 0) is 36.5 Å². The Balaban J connectivity index is 2.78. The Morgan fingerprint density at radius 1 is 1.28 bits per heavy atom. The highest BCUT2D eigenvalue weighted by Gasteiger charge is 2.41. The Bertz CT molecular complexity index is 348. The SMILES string of the molecule is CC(C)(C=O)C1C=C(O[Si](C)(C)C(C)(C)C)CC1. The van der Waals surface area contributed by atoms with Crippen molar-refractivity contribution in [1.29, 1.82) is 0 Å². The standard InChI is InChI=1S/C15H28O2Si/c1-14(2,3)18(6,7)17-13-9-8-12(10-13)15(4,5)11-16/h10-12H,8-9H2,1-7H3. The molecule has 0 aromatic rings. The lowest BCUT2D eigenvalue weighted by molar-refractivity contribution is -0.116. The summed E-state index contributed by atoms with van der Waals surface area (Å²) in [6.45, 7) is 15.3. The fourth-order valence-electron chi connectivity index (χ4n) is 1.93. The Hall–Kier alpha value is -0.573. The molecule has 3 heteroatoms. The third kappa shape index (κ3) is 3.25. The van der Waals surface area contributed by atoms with Gasteiger partial charge in [-0.25, -0.2) is 0 Å². The summed E-state index contributed by atoms with van der Waals surface area (Å²) in [5.74, 6) is 1.44. The summed E-state index contributed by atoms with van der Waals surface area (Å²) >= 11 is 0. The molecule has 1 aliphatic rings. The van der Waals surface area contributed by atoms with Crippen molar-refractivity contribution >= 4 is 14.6 Å². The Kier molecular flexibility index (Phi) is 4.16. The second-order valence-corrected chi connectivity index (χ2v) is 12.3. The zero-order valence-corrected chi connectivity index (χ0v) is 14.0. The summed E-state index contributed by atoms with van der Waals surface area (Å²) in [5, 5.41) is 0.228. The summed E-state index contributed by atoms with van der Waals surface area (Å²) in [5.41, 5.74) is -0.265. The summed E-state index contributed by atoms with van der Waals surface area (Å²) < 4.78 is 6.32. The predicted molar refractivity (Wildman–Crippen MR) is 78.9 cm³/mol. The van der Waals surface area contributed by atoms with Gasteiger partial charge in [0, 0.05) is 11.8 Å². The minimum absolute atomic E-state index is 0.228. The minimum atomic E-state index is -1.73. The highest BCUT2D eigenvalue weighted by atomic mass is 28.4. The van der Waals surface area contributed by atoms with Crippen LogP contribution in [-0.4, -0.2) is 14.6 Å². The van der Waals surface area contributed by atoms with Crippen LogP contribution in [0, 0.1) is 11.3 Å². The van der Waals surface area contributed by atoms with Crippen LogP contribution < -0.4 is 0 Å². The van der Waals surface area contributed by atoms with Crippen molar-refractivity contribution in [1.82, 2.24) is 0 Å². The van der Waals surface area contributed by atoms with Gasteiger partial charge in [0.1, 0.15) is 6.29 Å². The predicted octanol–water partition coefficient (Wildman–Crippen LogP) is 4.53. The van der Waals surface area contributed by atoms with Crippen LogP contribution in [0.3, 0.4) is 0 Å². The molecule has 0 aliphatic heterocycles. The zero-order chi connectivity index (χ0) is 14.2. The van der Waals surface area contributed by atoms with Crippen molar-refractivity contribution < 1.29 is 9.22 Å². The smallest absolute Gasteiger partial charge is 0.250 e. The normalized spacial score (nSPS) is 21.7. The molecule has 0 bridgehead atoms. The molecule has 0 radical (unpaired) electrons. The maximum Gasteiger partial charge on any atom is 0.250 e. The average molecular weight is 268 g/mol. The van der Waals surface area contributed by atoms with E-state index in [1.807, 2.05) is 13.8 Å². The van der Waals surface area contributed by atoms with Gasteiger partial charge in [0.2, 0.25) is 8.32 Å². The third-order valence-electron chi connectivity index (χ3n) is 4.54. The largest absolute Gasteiger partial charge is 0.547 e. The molecule has 1 atom stereocenters. The number of hydrogen-bond acceptors (Lipinski definition) is 2. The molecule has 18 heavy (non-hydrogen) atoms. The molecule has 104 valence electrons. The van der Waals surface area contributed by atoms with Crippen LogP contribution in [0.4, 0.5) is 0 Å². The van der Waals surface area contributed by atoms with Crippen molar-refractivity contribution in [3.05, 3.63) is 11.8 Å². The van der Waals surface area contributed by atoms with E-state index in [0.29, 0.717) is 5.92 Å². The second kappa shape index (κ2) is 4.84. The summed E-state index contributed by atoms with van der Waals surface area (Å²) in [6.07, 6.45) is 5.28. The van der Waals surface area contributed by atoms with Gasteiger partial charge in [0.05, 0.1) is 5.76 Å². The van der Waals surface area contributed by atoms with E-state index >= 15 is 0 Å². The fourth-order valence-corrected chi connectivity index (χ4v) is 3.06. The Morgan fingerprint density at radius 2 is 1.83 bits per heavy atom. The number of rotatable bonds is 4. The molecule has 1 unspecified atom stereocenters. The van der Waals surface area contributed by atoms with Crippen LogP contribution in [-0.2, 0) is 9.22 Å². The van der Waals surface area contributed by atoms with Gasteiger partial charge in [0.15, 0.2) is 0 Å². The topological polar surface area (TPSA) is 26.3 Å². The monoisotopic (exact) mass is 268 g/mol. The molecular weight excluding hydrogens is 240 g/mol. The van der Waals surface area contributed by atoms with Crippen molar-refractivity contribution in [2.24, 2.45) is 11.3 Å². The van der Waals surface area contributed by atoms with Crippen LogP contribution in [0.15, 0.2) is 11.8 Å². The summed E-state index contributed by atoms with van der Waals surface area (Å²) in [4.78, 5) is 11.1. The lowest BCUT2D eigenvalue weighted by atomic mass is 9.80. The van der Waals surface area contributed by atoms with E-state index in [0.717, 1.165) is 24.9 Å². The summed E-state index contributed by atoms with van der Waals surface area (Å²) in [6, 6.07) is 0. The molecule has 0 fully saturated rings. The first-order valence-corrected chi connectivity index (χ1v) is 9.76. The first-order valence-electron chi connectivity index (χ1n) is 6.86. The Morgan fingerprint density at radius 3 is 2.28 bits per heavy atom. The highest BCUT2D eigenvalue weighted by molar-refractivity contribution is 6.74. The molecule has 0 aromatic carbocycles. The highest BCUT2D eigenvalue weighted by Crippen LogP contribution is 2.42. The molecule has 0 amide bonds. The Labute approximate surface area is 113 Å². The molecule has 2 nitrogen and oxygen atoms in total. The first-order chi connectivity index (χ1) is 7.99. The van der Waals surface area contributed by atoms with E-state index in [2.05, 4.69) is 39.9 Å². The van der Waals surface area contributed by atoms with E-state index in [1.54, 1.807) is 0 Å².